The van der Waals surface area contributed by atoms with E-state index in [0.717, 1.165) is 19.5 Å². The lowest BCUT2D eigenvalue weighted by Crippen LogP contribution is -2.13. The summed E-state index contributed by atoms with van der Waals surface area (Å²) in [6, 6.07) is 8.97. The first-order valence-electron chi connectivity index (χ1n) is 6.93. The van der Waals surface area contributed by atoms with Gasteiger partial charge in [0.15, 0.2) is 0 Å². The molecule has 100 valence electrons. The number of allylic oxidation sites excluding steroid dienone is 1. The summed E-state index contributed by atoms with van der Waals surface area (Å²) in [7, 11) is 0. The van der Waals surface area contributed by atoms with Gasteiger partial charge in [-0.1, -0.05) is 58.0 Å². The van der Waals surface area contributed by atoms with Crippen molar-refractivity contribution in [2.24, 2.45) is 0 Å². The highest BCUT2D eigenvalue weighted by molar-refractivity contribution is 5.63. The van der Waals surface area contributed by atoms with Crippen molar-refractivity contribution in [1.82, 2.24) is 5.32 Å². The SMILES string of the molecule is CCNCCC=C(C)c1ccc(C(C)(C)C)cc1. The average molecular weight is 245 g/mol. The van der Waals surface area contributed by atoms with Crippen LogP contribution in [0, 0.1) is 0 Å². The molecule has 0 saturated carbocycles. The Kier molecular flexibility index (Phi) is 5.61. The molecule has 0 aliphatic carbocycles. The van der Waals surface area contributed by atoms with E-state index in [1.165, 1.54) is 16.7 Å². The van der Waals surface area contributed by atoms with Gasteiger partial charge in [0, 0.05) is 0 Å². The maximum atomic E-state index is 3.34. The number of nitrogens with one attached hydrogen (secondary N) is 1. The van der Waals surface area contributed by atoms with Crippen molar-refractivity contribution in [3.05, 3.63) is 41.5 Å². The second-order valence-electron chi connectivity index (χ2n) is 5.86. The molecular weight excluding hydrogens is 218 g/mol. The molecule has 0 aromatic heterocycles. The molecule has 18 heavy (non-hydrogen) atoms. The Morgan fingerprint density at radius 1 is 1.17 bits per heavy atom. The van der Waals surface area contributed by atoms with Crippen LogP contribution in [-0.2, 0) is 5.41 Å². The predicted molar refractivity (Wildman–Crippen MR) is 82.0 cm³/mol. The van der Waals surface area contributed by atoms with Gasteiger partial charge < -0.3 is 5.32 Å². The molecule has 0 bridgehead atoms. The van der Waals surface area contributed by atoms with Gasteiger partial charge in [-0.2, -0.15) is 0 Å². The van der Waals surface area contributed by atoms with Crippen molar-refractivity contribution < 1.29 is 0 Å². The monoisotopic (exact) mass is 245 g/mol. The number of rotatable bonds is 5. The van der Waals surface area contributed by atoms with Gasteiger partial charge in [-0.05, 0) is 48.5 Å². The first kappa shape index (κ1) is 15.0. The van der Waals surface area contributed by atoms with Crippen LogP contribution in [0.3, 0.4) is 0 Å². The van der Waals surface area contributed by atoms with Crippen molar-refractivity contribution in [3.8, 4) is 0 Å². The lowest BCUT2D eigenvalue weighted by Gasteiger charge is -2.19. The van der Waals surface area contributed by atoms with Crippen LogP contribution >= 0.6 is 0 Å². The zero-order valence-corrected chi connectivity index (χ0v) is 12.5. The number of hydrogen-bond acceptors (Lipinski definition) is 1. The molecule has 0 amide bonds. The minimum absolute atomic E-state index is 0.237. The summed E-state index contributed by atoms with van der Waals surface area (Å²) in [5.41, 5.74) is 4.33. The minimum atomic E-state index is 0.237. The zero-order valence-electron chi connectivity index (χ0n) is 12.5. The Hall–Kier alpha value is -1.08. The smallest absolute Gasteiger partial charge is 0.00142 e. The van der Waals surface area contributed by atoms with Crippen molar-refractivity contribution in [2.45, 2.75) is 46.5 Å². The van der Waals surface area contributed by atoms with Crippen molar-refractivity contribution in [1.29, 1.82) is 0 Å². The van der Waals surface area contributed by atoms with Crippen LogP contribution in [0.4, 0.5) is 0 Å². The molecule has 0 unspecified atom stereocenters. The van der Waals surface area contributed by atoms with Gasteiger partial charge in [0.25, 0.3) is 0 Å². The van der Waals surface area contributed by atoms with Crippen molar-refractivity contribution >= 4 is 5.57 Å². The molecular formula is C17H27N. The predicted octanol–water partition coefficient (Wildman–Crippen LogP) is 4.39. The lowest BCUT2D eigenvalue weighted by molar-refractivity contribution is 0.590. The Morgan fingerprint density at radius 3 is 2.28 bits per heavy atom. The highest BCUT2D eigenvalue weighted by Gasteiger charge is 2.12. The van der Waals surface area contributed by atoms with Gasteiger partial charge in [0.05, 0.1) is 0 Å². The Bertz CT molecular complexity index is 379. The molecule has 0 atom stereocenters. The summed E-state index contributed by atoms with van der Waals surface area (Å²) < 4.78 is 0. The molecule has 0 heterocycles. The van der Waals surface area contributed by atoms with Gasteiger partial charge in [0.2, 0.25) is 0 Å². The lowest BCUT2D eigenvalue weighted by atomic mass is 9.86. The second-order valence-corrected chi connectivity index (χ2v) is 5.86. The largest absolute Gasteiger partial charge is 0.317 e. The highest BCUT2D eigenvalue weighted by atomic mass is 14.8. The van der Waals surface area contributed by atoms with Gasteiger partial charge in [-0.15, -0.1) is 0 Å². The van der Waals surface area contributed by atoms with Crippen LogP contribution in [-0.4, -0.2) is 13.1 Å². The van der Waals surface area contributed by atoms with Crippen LogP contribution in [0.25, 0.3) is 5.57 Å². The van der Waals surface area contributed by atoms with E-state index in [1.807, 2.05) is 0 Å². The fourth-order valence-corrected chi connectivity index (χ4v) is 1.92. The van der Waals surface area contributed by atoms with E-state index in [2.05, 4.69) is 70.3 Å². The zero-order chi connectivity index (χ0) is 13.6. The quantitative estimate of drug-likeness (QED) is 0.759. The van der Waals surface area contributed by atoms with Crippen LogP contribution in [0.1, 0.15) is 52.2 Å². The molecule has 1 aromatic rings. The van der Waals surface area contributed by atoms with Crippen LogP contribution in [0.2, 0.25) is 0 Å². The molecule has 0 radical (unpaired) electrons. The fourth-order valence-electron chi connectivity index (χ4n) is 1.92. The van der Waals surface area contributed by atoms with E-state index in [4.69, 9.17) is 0 Å². The molecule has 1 N–H and O–H groups in total. The van der Waals surface area contributed by atoms with Crippen molar-refractivity contribution in [3.63, 3.8) is 0 Å². The maximum absolute atomic E-state index is 3.34. The summed E-state index contributed by atoms with van der Waals surface area (Å²) in [4.78, 5) is 0. The topological polar surface area (TPSA) is 12.0 Å². The van der Waals surface area contributed by atoms with E-state index >= 15 is 0 Å². The summed E-state index contributed by atoms with van der Waals surface area (Å²) in [5, 5.41) is 3.34. The Labute approximate surface area is 112 Å². The van der Waals surface area contributed by atoms with E-state index < -0.39 is 0 Å². The molecule has 0 saturated heterocycles. The van der Waals surface area contributed by atoms with Crippen LogP contribution in [0.5, 0.6) is 0 Å². The Morgan fingerprint density at radius 2 is 1.78 bits per heavy atom. The van der Waals surface area contributed by atoms with Crippen molar-refractivity contribution in [2.75, 3.05) is 13.1 Å². The highest BCUT2D eigenvalue weighted by Crippen LogP contribution is 2.24. The van der Waals surface area contributed by atoms with Gasteiger partial charge in [-0.3, -0.25) is 0 Å². The molecule has 1 heteroatoms. The molecule has 1 rings (SSSR count). The van der Waals surface area contributed by atoms with E-state index in [0.29, 0.717) is 0 Å². The van der Waals surface area contributed by atoms with E-state index in [1.54, 1.807) is 0 Å². The van der Waals surface area contributed by atoms with Gasteiger partial charge in [0.1, 0.15) is 0 Å². The third-order valence-electron chi connectivity index (χ3n) is 3.23. The van der Waals surface area contributed by atoms with E-state index in [-0.39, 0.29) is 5.41 Å². The molecule has 1 aromatic carbocycles. The third-order valence-corrected chi connectivity index (χ3v) is 3.23. The minimum Gasteiger partial charge on any atom is -0.317 e. The van der Waals surface area contributed by atoms with E-state index in [9.17, 15) is 0 Å². The molecule has 1 nitrogen and oxygen atoms in total. The first-order valence-corrected chi connectivity index (χ1v) is 6.93. The summed E-state index contributed by atoms with van der Waals surface area (Å²) in [5.74, 6) is 0. The number of benzene rings is 1. The molecule has 0 aliphatic heterocycles. The fraction of sp³-hybridized carbons (Fsp3) is 0.529. The third kappa shape index (κ3) is 4.66. The molecule has 0 spiro atoms. The molecule has 0 aliphatic rings. The first-order chi connectivity index (χ1) is 8.45. The second kappa shape index (κ2) is 6.75. The standard InChI is InChI=1S/C17H27N/c1-6-18-13-7-8-14(2)15-9-11-16(12-10-15)17(3,4)5/h8-12,18H,6-7,13H2,1-5H3. The normalized spacial score (nSPS) is 12.8. The van der Waals surface area contributed by atoms with Crippen LogP contribution in [0.15, 0.2) is 30.3 Å². The molecule has 0 fully saturated rings. The summed E-state index contributed by atoms with van der Waals surface area (Å²) in [6.07, 6.45) is 3.41. The number of hydrogen-bond donors (Lipinski definition) is 1. The van der Waals surface area contributed by atoms with Gasteiger partial charge in [-0.25, -0.2) is 0 Å². The van der Waals surface area contributed by atoms with Crippen LogP contribution < -0.4 is 5.32 Å². The average Bonchev–Trinajstić information content (AvgIpc) is 2.33. The Balaban J connectivity index is 2.67. The maximum Gasteiger partial charge on any atom is -0.00142 e. The summed E-state index contributed by atoms with van der Waals surface area (Å²) >= 11 is 0. The summed E-state index contributed by atoms with van der Waals surface area (Å²) in [6.45, 7) is 13.2. The van der Waals surface area contributed by atoms with Gasteiger partial charge >= 0.3 is 0 Å².